The quantitative estimate of drug-likeness (QED) is 0.770. The van der Waals surface area contributed by atoms with Crippen LogP contribution in [0.5, 0.6) is 0 Å². The van der Waals surface area contributed by atoms with Crippen LogP contribution in [0.1, 0.15) is 5.56 Å². The monoisotopic (exact) mass is 366 g/mol. The van der Waals surface area contributed by atoms with Gasteiger partial charge < -0.3 is 4.90 Å². The molecule has 0 spiro atoms. The molecule has 1 aromatic carbocycles. The lowest BCUT2D eigenvalue weighted by Crippen LogP contribution is -2.48. The van der Waals surface area contributed by atoms with Crippen molar-refractivity contribution in [1.82, 2.24) is 4.31 Å². The van der Waals surface area contributed by atoms with Crippen LogP contribution in [0.15, 0.2) is 22.7 Å². The fourth-order valence-corrected chi connectivity index (χ4v) is 3.82. The number of piperazine rings is 1. The molecule has 0 N–H and O–H groups in total. The number of nitrogens with zero attached hydrogens (tertiary/aromatic N) is 2. The van der Waals surface area contributed by atoms with Gasteiger partial charge in [0.1, 0.15) is 0 Å². The van der Waals surface area contributed by atoms with Crippen molar-refractivity contribution in [3.63, 3.8) is 0 Å². The number of sulfonamides is 1. The Bertz CT molecular complexity index is 557. The number of hydrogen-bond donors (Lipinski definition) is 0. The standard InChI is InChI=1S/C12H16BrClN2O2S/c1-19(17,18)16-6-4-15(5-7-16)12-3-2-10(9-14)8-11(12)13/h2-3,8H,4-7,9H2,1H3. The van der Waals surface area contributed by atoms with Gasteiger partial charge in [-0.1, -0.05) is 6.07 Å². The number of hydrogen-bond acceptors (Lipinski definition) is 3. The van der Waals surface area contributed by atoms with Crippen LogP contribution in [0.2, 0.25) is 0 Å². The average molecular weight is 368 g/mol. The summed E-state index contributed by atoms with van der Waals surface area (Å²) < 4.78 is 25.4. The van der Waals surface area contributed by atoms with E-state index in [1.807, 2.05) is 18.2 Å². The van der Waals surface area contributed by atoms with E-state index in [9.17, 15) is 8.42 Å². The summed E-state index contributed by atoms with van der Waals surface area (Å²) in [6.07, 6.45) is 1.26. The highest BCUT2D eigenvalue weighted by molar-refractivity contribution is 9.10. The van der Waals surface area contributed by atoms with Crippen LogP contribution in [0, 0.1) is 0 Å². The van der Waals surface area contributed by atoms with E-state index < -0.39 is 10.0 Å². The second-order valence-corrected chi connectivity index (χ2v) is 7.67. The van der Waals surface area contributed by atoms with Crippen LogP contribution in [-0.2, 0) is 15.9 Å². The van der Waals surface area contributed by atoms with Crippen molar-refractivity contribution in [1.29, 1.82) is 0 Å². The van der Waals surface area contributed by atoms with Crippen LogP contribution < -0.4 is 4.90 Å². The summed E-state index contributed by atoms with van der Waals surface area (Å²) in [6, 6.07) is 6.03. The zero-order valence-electron chi connectivity index (χ0n) is 10.6. The molecule has 0 radical (unpaired) electrons. The van der Waals surface area contributed by atoms with Gasteiger partial charge in [0.05, 0.1) is 11.9 Å². The van der Waals surface area contributed by atoms with E-state index in [-0.39, 0.29) is 0 Å². The number of alkyl halides is 1. The van der Waals surface area contributed by atoms with E-state index in [1.165, 1.54) is 10.6 Å². The van der Waals surface area contributed by atoms with E-state index in [4.69, 9.17) is 11.6 Å². The Balaban J connectivity index is 2.10. The molecule has 0 bridgehead atoms. The first-order valence-corrected chi connectivity index (χ1v) is 9.14. The van der Waals surface area contributed by atoms with Crippen LogP contribution in [0.3, 0.4) is 0 Å². The molecule has 1 heterocycles. The fraction of sp³-hybridized carbons (Fsp3) is 0.500. The van der Waals surface area contributed by atoms with Crippen molar-refractivity contribution in [2.75, 3.05) is 37.3 Å². The van der Waals surface area contributed by atoms with Gasteiger partial charge in [-0.25, -0.2) is 8.42 Å². The molecule has 106 valence electrons. The second kappa shape index (κ2) is 5.99. The summed E-state index contributed by atoms with van der Waals surface area (Å²) in [7, 11) is -3.07. The summed E-state index contributed by atoms with van der Waals surface area (Å²) in [5.74, 6) is 0.487. The summed E-state index contributed by atoms with van der Waals surface area (Å²) >= 11 is 9.34. The molecule has 0 amide bonds. The topological polar surface area (TPSA) is 40.6 Å². The SMILES string of the molecule is CS(=O)(=O)N1CCN(c2ccc(CCl)cc2Br)CC1. The van der Waals surface area contributed by atoms with Gasteiger partial charge in [-0.2, -0.15) is 4.31 Å². The zero-order chi connectivity index (χ0) is 14.0. The van der Waals surface area contributed by atoms with Crippen molar-refractivity contribution >= 4 is 43.2 Å². The number of benzene rings is 1. The molecule has 0 saturated carbocycles. The normalized spacial score (nSPS) is 17.7. The first kappa shape index (κ1) is 15.1. The van der Waals surface area contributed by atoms with Gasteiger partial charge in [0.15, 0.2) is 0 Å². The highest BCUT2D eigenvalue weighted by Crippen LogP contribution is 2.29. The van der Waals surface area contributed by atoms with E-state index in [2.05, 4.69) is 20.8 Å². The molecule has 0 aromatic heterocycles. The Labute approximate surface area is 127 Å². The predicted molar refractivity (Wildman–Crippen MR) is 82.3 cm³/mol. The number of rotatable bonds is 3. The molecule has 1 aromatic rings. The van der Waals surface area contributed by atoms with Gasteiger partial charge in [-0.05, 0) is 33.6 Å². The van der Waals surface area contributed by atoms with Crippen molar-refractivity contribution in [3.05, 3.63) is 28.2 Å². The van der Waals surface area contributed by atoms with Crippen molar-refractivity contribution in [3.8, 4) is 0 Å². The minimum absolute atomic E-state index is 0.487. The minimum atomic E-state index is -3.07. The van der Waals surface area contributed by atoms with Gasteiger partial charge in [0.25, 0.3) is 0 Å². The summed E-state index contributed by atoms with van der Waals surface area (Å²) in [6.45, 7) is 2.46. The summed E-state index contributed by atoms with van der Waals surface area (Å²) in [5, 5.41) is 0. The van der Waals surface area contributed by atoms with Crippen LogP contribution in [-0.4, -0.2) is 45.2 Å². The second-order valence-electron chi connectivity index (χ2n) is 4.57. The third-order valence-electron chi connectivity index (χ3n) is 3.21. The molecule has 4 nitrogen and oxygen atoms in total. The van der Waals surface area contributed by atoms with E-state index in [1.54, 1.807) is 0 Å². The van der Waals surface area contributed by atoms with E-state index in [0.717, 1.165) is 15.7 Å². The third-order valence-corrected chi connectivity index (χ3v) is 5.46. The van der Waals surface area contributed by atoms with Gasteiger partial charge in [0, 0.05) is 36.5 Å². The van der Waals surface area contributed by atoms with Gasteiger partial charge in [-0.15, -0.1) is 11.6 Å². The highest BCUT2D eigenvalue weighted by Gasteiger charge is 2.24. The maximum absolute atomic E-state index is 11.5. The lowest BCUT2D eigenvalue weighted by Gasteiger charge is -2.35. The highest BCUT2D eigenvalue weighted by atomic mass is 79.9. The number of anilines is 1. The minimum Gasteiger partial charge on any atom is -0.368 e. The Morgan fingerprint density at radius 2 is 1.89 bits per heavy atom. The van der Waals surface area contributed by atoms with Crippen molar-refractivity contribution in [2.24, 2.45) is 0 Å². The average Bonchev–Trinajstić information content (AvgIpc) is 2.37. The smallest absolute Gasteiger partial charge is 0.211 e. The van der Waals surface area contributed by atoms with Gasteiger partial charge in [0.2, 0.25) is 10.0 Å². The Hall–Kier alpha value is -0.300. The fourth-order valence-electron chi connectivity index (χ4n) is 2.15. The summed E-state index contributed by atoms with van der Waals surface area (Å²) in [4.78, 5) is 2.18. The Morgan fingerprint density at radius 1 is 1.26 bits per heavy atom. The Kier molecular flexibility index (Phi) is 4.76. The molecular formula is C12H16BrClN2O2S. The van der Waals surface area contributed by atoms with Gasteiger partial charge in [-0.3, -0.25) is 0 Å². The zero-order valence-corrected chi connectivity index (χ0v) is 13.8. The third kappa shape index (κ3) is 3.62. The molecule has 19 heavy (non-hydrogen) atoms. The molecule has 1 aliphatic rings. The maximum atomic E-state index is 11.5. The molecule has 7 heteroatoms. The van der Waals surface area contributed by atoms with Crippen LogP contribution in [0.4, 0.5) is 5.69 Å². The molecule has 0 aliphatic carbocycles. The summed E-state index contributed by atoms with van der Waals surface area (Å²) in [5.41, 5.74) is 2.15. The Morgan fingerprint density at radius 3 is 2.37 bits per heavy atom. The van der Waals surface area contributed by atoms with Crippen LogP contribution in [0.25, 0.3) is 0 Å². The lowest BCUT2D eigenvalue weighted by atomic mass is 10.2. The molecular weight excluding hydrogens is 352 g/mol. The maximum Gasteiger partial charge on any atom is 0.211 e. The predicted octanol–water partition coefficient (Wildman–Crippen LogP) is 2.27. The first-order chi connectivity index (χ1) is 8.91. The first-order valence-electron chi connectivity index (χ1n) is 5.96. The van der Waals surface area contributed by atoms with E-state index in [0.29, 0.717) is 32.1 Å². The largest absolute Gasteiger partial charge is 0.368 e. The van der Waals surface area contributed by atoms with Gasteiger partial charge >= 0.3 is 0 Å². The van der Waals surface area contributed by atoms with E-state index >= 15 is 0 Å². The molecule has 1 saturated heterocycles. The molecule has 0 atom stereocenters. The van der Waals surface area contributed by atoms with Crippen molar-refractivity contribution < 1.29 is 8.42 Å². The lowest BCUT2D eigenvalue weighted by molar-refractivity contribution is 0.388. The van der Waals surface area contributed by atoms with Crippen LogP contribution >= 0.6 is 27.5 Å². The molecule has 0 unspecified atom stereocenters. The molecule has 1 aliphatic heterocycles. The van der Waals surface area contributed by atoms with Crippen molar-refractivity contribution in [2.45, 2.75) is 5.88 Å². The number of halogens is 2. The molecule has 2 rings (SSSR count). The molecule has 1 fully saturated rings.